The average molecular weight is 405 g/mol. The van der Waals surface area contributed by atoms with Crippen LogP contribution < -0.4 is 21.3 Å². The first-order valence-corrected chi connectivity index (χ1v) is 9.09. The number of methoxy groups -OCH3 is 1. The van der Waals surface area contributed by atoms with E-state index in [1.165, 1.54) is 11.7 Å². The van der Waals surface area contributed by atoms with E-state index in [4.69, 9.17) is 16.3 Å². The predicted octanol–water partition coefficient (Wildman–Crippen LogP) is 2.13. The van der Waals surface area contributed by atoms with Crippen LogP contribution in [0.5, 0.6) is 5.75 Å². The molecule has 28 heavy (non-hydrogen) atoms. The Balaban J connectivity index is 2.07. The van der Waals surface area contributed by atoms with Crippen LogP contribution in [0.1, 0.15) is 12.6 Å². The highest BCUT2D eigenvalue weighted by molar-refractivity contribution is 6.31. The van der Waals surface area contributed by atoms with Crippen molar-refractivity contribution in [2.24, 2.45) is 7.05 Å². The van der Waals surface area contributed by atoms with E-state index in [1.807, 2.05) is 6.92 Å². The fourth-order valence-corrected chi connectivity index (χ4v) is 3.35. The lowest BCUT2D eigenvalue weighted by Gasteiger charge is -2.13. The number of rotatable bonds is 5. The number of anilines is 1. The Bertz CT molecular complexity index is 1190. The third kappa shape index (κ3) is 3.31. The maximum absolute atomic E-state index is 12.8. The predicted molar refractivity (Wildman–Crippen MR) is 108 cm³/mol. The summed E-state index contributed by atoms with van der Waals surface area (Å²) in [5.74, 6) is 0.0103. The number of nitrogens with one attached hydrogen (secondary N) is 1. The van der Waals surface area contributed by atoms with Gasteiger partial charge >= 0.3 is 5.69 Å². The molecule has 0 aliphatic rings. The highest BCUT2D eigenvalue weighted by Gasteiger charge is 2.19. The molecule has 0 aliphatic carbocycles. The van der Waals surface area contributed by atoms with E-state index in [-0.39, 0.29) is 18.6 Å². The molecule has 9 heteroatoms. The zero-order valence-electron chi connectivity index (χ0n) is 16.1. The molecule has 0 unspecified atom stereocenters. The Morgan fingerprint density at radius 3 is 2.57 bits per heavy atom. The highest BCUT2D eigenvalue weighted by atomic mass is 35.5. The van der Waals surface area contributed by atoms with Crippen molar-refractivity contribution in [1.29, 1.82) is 0 Å². The van der Waals surface area contributed by atoms with Crippen molar-refractivity contribution in [1.82, 2.24) is 13.7 Å². The van der Waals surface area contributed by atoms with Gasteiger partial charge < -0.3 is 14.6 Å². The zero-order chi connectivity index (χ0) is 20.6. The van der Waals surface area contributed by atoms with Crippen LogP contribution in [0.25, 0.3) is 11.0 Å². The van der Waals surface area contributed by atoms with Crippen LogP contribution in [0.4, 0.5) is 5.69 Å². The lowest BCUT2D eigenvalue weighted by molar-refractivity contribution is -0.116. The van der Waals surface area contributed by atoms with Crippen molar-refractivity contribution in [3.63, 3.8) is 0 Å². The number of fused-ring (bicyclic) bond motifs is 1. The Hall–Kier alpha value is -3.00. The molecular weight excluding hydrogens is 384 g/mol. The van der Waals surface area contributed by atoms with Crippen LogP contribution in [0.2, 0.25) is 5.02 Å². The lowest BCUT2D eigenvalue weighted by Crippen LogP contribution is -2.41. The van der Waals surface area contributed by atoms with Crippen molar-refractivity contribution in [2.75, 3.05) is 12.4 Å². The standard InChI is InChI=1S/C19H21ClN4O4/c1-5-23-18(26)17-14(8-11(2)22(17)3)24(19(23)27)10-16(25)21-13-9-12(20)6-7-15(13)28-4/h6-9H,5,10H2,1-4H3,(H,21,25). The Labute approximate surface area is 165 Å². The van der Waals surface area contributed by atoms with E-state index in [0.29, 0.717) is 27.5 Å². The number of aryl methyl sites for hydroxylation is 2. The summed E-state index contributed by atoms with van der Waals surface area (Å²) in [6.45, 7) is 3.50. The third-order valence-corrected chi connectivity index (χ3v) is 4.94. The Kier molecular flexibility index (Phi) is 5.33. The first kappa shape index (κ1) is 19.8. The van der Waals surface area contributed by atoms with Crippen LogP contribution >= 0.6 is 11.6 Å². The Morgan fingerprint density at radius 2 is 1.93 bits per heavy atom. The number of halogens is 1. The van der Waals surface area contributed by atoms with Crippen LogP contribution in [0, 0.1) is 6.92 Å². The number of benzene rings is 1. The molecule has 2 heterocycles. The minimum Gasteiger partial charge on any atom is -0.495 e. The quantitative estimate of drug-likeness (QED) is 0.705. The molecule has 148 valence electrons. The number of hydrogen-bond acceptors (Lipinski definition) is 4. The molecule has 1 amide bonds. The van der Waals surface area contributed by atoms with E-state index in [9.17, 15) is 14.4 Å². The molecule has 1 aromatic carbocycles. The van der Waals surface area contributed by atoms with Crippen molar-refractivity contribution >= 4 is 34.2 Å². The van der Waals surface area contributed by atoms with Gasteiger partial charge in [0.15, 0.2) is 0 Å². The SMILES string of the molecule is CCn1c(=O)c2c(cc(C)n2C)n(CC(=O)Nc2cc(Cl)ccc2OC)c1=O. The molecule has 0 radical (unpaired) electrons. The number of nitrogens with zero attached hydrogens (tertiary/aromatic N) is 3. The number of carbonyl (C=O) groups excluding carboxylic acids is 1. The van der Waals surface area contributed by atoms with Crippen molar-refractivity contribution < 1.29 is 9.53 Å². The molecule has 3 aromatic rings. The van der Waals surface area contributed by atoms with Crippen LogP contribution in [-0.2, 0) is 24.9 Å². The topological polar surface area (TPSA) is 87.3 Å². The highest BCUT2D eigenvalue weighted by Crippen LogP contribution is 2.27. The van der Waals surface area contributed by atoms with Gasteiger partial charge in [0.25, 0.3) is 5.56 Å². The van der Waals surface area contributed by atoms with Gasteiger partial charge in [0, 0.05) is 24.3 Å². The number of aromatic nitrogens is 3. The van der Waals surface area contributed by atoms with Gasteiger partial charge in [-0.3, -0.25) is 18.7 Å². The van der Waals surface area contributed by atoms with Crippen molar-refractivity contribution in [2.45, 2.75) is 26.9 Å². The number of carbonyl (C=O) groups is 1. The first-order chi connectivity index (χ1) is 13.3. The summed E-state index contributed by atoms with van der Waals surface area (Å²) in [5.41, 5.74) is 1.12. The number of hydrogen-bond donors (Lipinski definition) is 1. The van der Waals surface area contributed by atoms with E-state index >= 15 is 0 Å². The molecule has 0 saturated carbocycles. The van der Waals surface area contributed by atoms with Gasteiger partial charge in [-0.2, -0.15) is 0 Å². The van der Waals surface area contributed by atoms with Gasteiger partial charge in [0.05, 0.1) is 18.3 Å². The maximum Gasteiger partial charge on any atom is 0.332 e. The second-order valence-electron chi connectivity index (χ2n) is 6.39. The second-order valence-corrected chi connectivity index (χ2v) is 6.83. The van der Waals surface area contributed by atoms with Crippen molar-refractivity contribution in [3.05, 3.63) is 55.8 Å². The molecule has 1 N–H and O–H groups in total. The molecule has 0 aliphatic heterocycles. The summed E-state index contributed by atoms with van der Waals surface area (Å²) in [5, 5.41) is 3.15. The summed E-state index contributed by atoms with van der Waals surface area (Å²) in [7, 11) is 3.24. The molecule has 0 fully saturated rings. The van der Waals surface area contributed by atoms with Gasteiger partial charge in [-0.25, -0.2) is 4.79 Å². The van der Waals surface area contributed by atoms with E-state index in [1.54, 1.807) is 42.8 Å². The van der Waals surface area contributed by atoms with Crippen LogP contribution in [0.3, 0.4) is 0 Å². The minimum absolute atomic E-state index is 0.210. The first-order valence-electron chi connectivity index (χ1n) is 8.71. The Morgan fingerprint density at radius 1 is 1.21 bits per heavy atom. The normalized spacial score (nSPS) is 11.0. The molecule has 0 atom stereocenters. The molecule has 0 spiro atoms. The van der Waals surface area contributed by atoms with Crippen LogP contribution in [0.15, 0.2) is 33.9 Å². The van der Waals surface area contributed by atoms with E-state index in [2.05, 4.69) is 5.32 Å². The smallest absolute Gasteiger partial charge is 0.332 e. The summed E-state index contributed by atoms with van der Waals surface area (Å²) in [6.07, 6.45) is 0. The minimum atomic E-state index is -0.529. The molecule has 2 aromatic heterocycles. The van der Waals surface area contributed by atoms with Gasteiger partial charge in [-0.05, 0) is 38.1 Å². The lowest BCUT2D eigenvalue weighted by atomic mass is 10.3. The third-order valence-electron chi connectivity index (χ3n) is 4.71. The summed E-state index contributed by atoms with van der Waals surface area (Å²) < 4.78 is 9.37. The molecule has 8 nitrogen and oxygen atoms in total. The van der Waals surface area contributed by atoms with Gasteiger partial charge in [0.1, 0.15) is 17.8 Å². The number of ether oxygens (including phenoxy) is 1. The van der Waals surface area contributed by atoms with Crippen molar-refractivity contribution in [3.8, 4) is 5.75 Å². The van der Waals surface area contributed by atoms with E-state index < -0.39 is 11.6 Å². The fraction of sp³-hybridized carbons (Fsp3) is 0.316. The van der Waals surface area contributed by atoms with Gasteiger partial charge in [-0.1, -0.05) is 11.6 Å². The molecule has 0 saturated heterocycles. The van der Waals surface area contributed by atoms with Crippen LogP contribution in [-0.4, -0.2) is 26.7 Å². The molecule has 3 rings (SSSR count). The average Bonchev–Trinajstić information content (AvgIpc) is 2.94. The summed E-state index contributed by atoms with van der Waals surface area (Å²) in [4.78, 5) is 38.1. The second kappa shape index (κ2) is 7.55. The number of amides is 1. The summed E-state index contributed by atoms with van der Waals surface area (Å²) >= 11 is 6.00. The van der Waals surface area contributed by atoms with Gasteiger partial charge in [-0.15, -0.1) is 0 Å². The summed E-state index contributed by atoms with van der Waals surface area (Å²) in [6, 6.07) is 6.58. The molecule has 0 bridgehead atoms. The maximum atomic E-state index is 12.8. The largest absolute Gasteiger partial charge is 0.495 e. The monoisotopic (exact) mass is 404 g/mol. The zero-order valence-corrected chi connectivity index (χ0v) is 16.8. The molecular formula is C19H21ClN4O4. The fourth-order valence-electron chi connectivity index (χ4n) is 3.18. The van der Waals surface area contributed by atoms with Gasteiger partial charge in [0.2, 0.25) is 5.91 Å². The van der Waals surface area contributed by atoms with E-state index in [0.717, 1.165) is 10.3 Å².